The van der Waals surface area contributed by atoms with Gasteiger partial charge in [-0.2, -0.15) is 0 Å². The van der Waals surface area contributed by atoms with E-state index >= 15 is 0 Å². The van der Waals surface area contributed by atoms with Crippen LogP contribution in [0.5, 0.6) is 0 Å². The van der Waals surface area contributed by atoms with Crippen LogP contribution in [0.2, 0.25) is 0 Å². The third kappa shape index (κ3) is 1.84. The first kappa shape index (κ1) is 9.87. The van der Waals surface area contributed by atoms with Gasteiger partial charge in [-0.3, -0.25) is 0 Å². The second kappa shape index (κ2) is 4.28. The SMILES string of the molecule is c1cc(N2CCCC2)nnc1N1CCCC1. The molecule has 0 saturated carbocycles. The number of hydrogen-bond donors (Lipinski definition) is 0. The highest BCUT2D eigenvalue weighted by molar-refractivity contribution is 5.45. The van der Waals surface area contributed by atoms with Gasteiger partial charge >= 0.3 is 0 Å². The van der Waals surface area contributed by atoms with Crippen LogP contribution in [-0.2, 0) is 0 Å². The maximum atomic E-state index is 4.34. The topological polar surface area (TPSA) is 32.3 Å². The van der Waals surface area contributed by atoms with E-state index in [9.17, 15) is 0 Å². The molecule has 86 valence electrons. The van der Waals surface area contributed by atoms with Crippen LogP contribution in [0.3, 0.4) is 0 Å². The molecule has 0 aliphatic carbocycles. The maximum absolute atomic E-state index is 4.34. The predicted molar refractivity (Wildman–Crippen MR) is 64.9 cm³/mol. The summed E-state index contributed by atoms with van der Waals surface area (Å²) in [5.74, 6) is 2.08. The summed E-state index contributed by atoms with van der Waals surface area (Å²) in [5, 5.41) is 8.68. The van der Waals surface area contributed by atoms with Crippen LogP contribution in [0, 0.1) is 0 Å². The first-order valence-electron chi connectivity index (χ1n) is 6.27. The summed E-state index contributed by atoms with van der Waals surface area (Å²) < 4.78 is 0. The van der Waals surface area contributed by atoms with Crippen molar-refractivity contribution in [1.29, 1.82) is 0 Å². The summed E-state index contributed by atoms with van der Waals surface area (Å²) in [7, 11) is 0. The molecule has 3 rings (SSSR count). The largest absolute Gasteiger partial charge is 0.355 e. The molecule has 2 fully saturated rings. The van der Waals surface area contributed by atoms with Crippen molar-refractivity contribution < 1.29 is 0 Å². The zero-order valence-electron chi connectivity index (χ0n) is 9.60. The van der Waals surface area contributed by atoms with E-state index in [-0.39, 0.29) is 0 Å². The van der Waals surface area contributed by atoms with E-state index in [4.69, 9.17) is 0 Å². The summed E-state index contributed by atoms with van der Waals surface area (Å²) in [5.41, 5.74) is 0. The average Bonchev–Trinajstić information content (AvgIpc) is 3.03. The van der Waals surface area contributed by atoms with E-state index in [1.54, 1.807) is 0 Å². The van der Waals surface area contributed by atoms with Crippen LogP contribution in [0.15, 0.2) is 12.1 Å². The van der Waals surface area contributed by atoms with E-state index in [0.717, 1.165) is 37.8 Å². The monoisotopic (exact) mass is 218 g/mol. The van der Waals surface area contributed by atoms with Crippen molar-refractivity contribution >= 4 is 11.6 Å². The van der Waals surface area contributed by atoms with Crippen molar-refractivity contribution in [3.05, 3.63) is 12.1 Å². The average molecular weight is 218 g/mol. The lowest BCUT2D eigenvalue weighted by Gasteiger charge is -2.18. The number of hydrogen-bond acceptors (Lipinski definition) is 4. The molecule has 0 radical (unpaired) electrons. The first-order chi connectivity index (χ1) is 7.93. The van der Waals surface area contributed by atoms with Gasteiger partial charge in [0.05, 0.1) is 0 Å². The van der Waals surface area contributed by atoms with Gasteiger partial charge in [0, 0.05) is 26.2 Å². The molecule has 0 aromatic carbocycles. The van der Waals surface area contributed by atoms with Gasteiger partial charge in [0.15, 0.2) is 11.6 Å². The molecule has 0 bridgehead atoms. The zero-order chi connectivity index (χ0) is 10.8. The van der Waals surface area contributed by atoms with Crippen LogP contribution >= 0.6 is 0 Å². The Morgan fingerprint density at radius 3 is 1.38 bits per heavy atom. The molecular weight excluding hydrogens is 200 g/mol. The molecular formula is C12H18N4. The Morgan fingerprint density at radius 2 is 1.06 bits per heavy atom. The van der Waals surface area contributed by atoms with Crippen molar-refractivity contribution in [1.82, 2.24) is 10.2 Å². The molecule has 2 saturated heterocycles. The second-order valence-corrected chi connectivity index (χ2v) is 4.64. The molecule has 1 aromatic rings. The highest BCUT2D eigenvalue weighted by Crippen LogP contribution is 2.21. The van der Waals surface area contributed by atoms with Crippen molar-refractivity contribution in [2.45, 2.75) is 25.7 Å². The minimum Gasteiger partial charge on any atom is -0.355 e. The first-order valence-corrected chi connectivity index (χ1v) is 6.27. The van der Waals surface area contributed by atoms with Gasteiger partial charge in [0.25, 0.3) is 0 Å². The van der Waals surface area contributed by atoms with E-state index in [0.29, 0.717) is 0 Å². The Bertz CT molecular complexity index is 302. The Morgan fingerprint density at radius 1 is 0.688 bits per heavy atom. The molecule has 16 heavy (non-hydrogen) atoms. The normalized spacial score (nSPS) is 20.8. The fourth-order valence-electron chi connectivity index (χ4n) is 2.55. The van der Waals surface area contributed by atoms with Crippen molar-refractivity contribution in [2.24, 2.45) is 0 Å². The number of aromatic nitrogens is 2. The molecule has 1 aromatic heterocycles. The van der Waals surface area contributed by atoms with Gasteiger partial charge in [0.2, 0.25) is 0 Å². The minimum absolute atomic E-state index is 1.04. The van der Waals surface area contributed by atoms with E-state index in [1.165, 1.54) is 25.7 Å². The molecule has 3 heterocycles. The van der Waals surface area contributed by atoms with E-state index in [1.807, 2.05) is 0 Å². The lowest BCUT2D eigenvalue weighted by atomic mass is 10.4. The molecule has 0 amide bonds. The summed E-state index contributed by atoms with van der Waals surface area (Å²) in [6.45, 7) is 4.55. The number of rotatable bonds is 2. The predicted octanol–water partition coefficient (Wildman–Crippen LogP) is 1.68. The Kier molecular flexibility index (Phi) is 2.64. The Balaban J connectivity index is 1.73. The summed E-state index contributed by atoms with van der Waals surface area (Å²) in [6.07, 6.45) is 5.15. The zero-order valence-corrected chi connectivity index (χ0v) is 9.60. The van der Waals surface area contributed by atoms with Crippen LogP contribution in [0.4, 0.5) is 11.6 Å². The second-order valence-electron chi connectivity index (χ2n) is 4.64. The van der Waals surface area contributed by atoms with Crippen LogP contribution in [0.25, 0.3) is 0 Å². The van der Waals surface area contributed by atoms with Gasteiger partial charge in [-0.1, -0.05) is 0 Å². The van der Waals surface area contributed by atoms with E-state index in [2.05, 4.69) is 32.1 Å². The van der Waals surface area contributed by atoms with Gasteiger partial charge in [-0.15, -0.1) is 10.2 Å². The molecule has 4 heteroatoms. The molecule has 0 unspecified atom stereocenters. The summed E-state index contributed by atoms with van der Waals surface area (Å²) >= 11 is 0. The smallest absolute Gasteiger partial charge is 0.151 e. The summed E-state index contributed by atoms with van der Waals surface area (Å²) in [6, 6.07) is 4.23. The molecule has 2 aliphatic rings. The molecule has 2 aliphatic heterocycles. The van der Waals surface area contributed by atoms with Gasteiger partial charge < -0.3 is 9.80 Å². The molecule has 4 nitrogen and oxygen atoms in total. The highest BCUT2D eigenvalue weighted by Gasteiger charge is 2.16. The Hall–Kier alpha value is -1.32. The van der Waals surface area contributed by atoms with E-state index < -0.39 is 0 Å². The van der Waals surface area contributed by atoms with Crippen LogP contribution < -0.4 is 9.80 Å². The lowest BCUT2D eigenvalue weighted by molar-refractivity contribution is 0.858. The standard InChI is InChI=1S/C12H18N4/c1-2-8-15(7-1)11-5-6-12(14-13-11)16-9-3-4-10-16/h5-6H,1-4,7-10H2. The summed E-state index contributed by atoms with van der Waals surface area (Å²) in [4.78, 5) is 4.64. The van der Waals surface area contributed by atoms with Gasteiger partial charge in [-0.25, -0.2) is 0 Å². The van der Waals surface area contributed by atoms with Gasteiger partial charge in [0.1, 0.15) is 0 Å². The molecule has 0 spiro atoms. The van der Waals surface area contributed by atoms with Crippen LogP contribution in [0.1, 0.15) is 25.7 Å². The fourth-order valence-corrected chi connectivity index (χ4v) is 2.55. The minimum atomic E-state index is 1.04. The highest BCUT2D eigenvalue weighted by atomic mass is 15.3. The molecule has 0 atom stereocenters. The quantitative estimate of drug-likeness (QED) is 0.756. The van der Waals surface area contributed by atoms with Gasteiger partial charge in [-0.05, 0) is 37.8 Å². The maximum Gasteiger partial charge on any atom is 0.151 e. The fraction of sp³-hybridized carbons (Fsp3) is 0.667. The number of anilines is 2. The third-order valence-corrected chi connectivity index (χ3v) is 3.50. The van der Waals surface area contributed by atoms with Crippen molar-refractivity contribution in [2.75, 3.05) is 36.0 Å². The van der Waals surface area contributed by atoms with Crippen molar-refractivity contribution in [3.63, 3.8) is 0 Å². The van der Waals surface area contributed by atoms with Crippen LogP contribution in [-0.4, -0.2) is 36.4 Å². The van der Waals surface area contributed by atoms with Crippen molar-refractivity contribution in [3.8, 4) is 0 Å². The lowest BCUT2D eigenvalue weighted by Crippen LogP contribution is -2.22. The molecule has 0 N–H and O–H groups in total. The third-order valence-electron chi connectivity index (χ3n) is 3.50. The Labute approximate surface area is 96.3 Å². The number of nitrogens with zero attached hydrogens (tertiary/aromatic N) is 4.